The molecule has 1 aliphatic heterocycles. The highest BCUT2D eigenvalue weighted by Gasteiger charge is 2.28. The molecule has 0 bridgehead atoms. The number of nitrogens with zero attached hydrogens (tertiary/aromatic N) is 2. The van der Waals surface area contributed by atoms with Gasteiger partial charge in [0.2, 0.25) is 0 Å². The van der Waals surface area contributed by atoms with Crippen molar-refractivity contribution in [1.29, 1.82) is 0 Å². The van der Waals surface area contributed by atoms with Gasteiger partial charge in [0, 0.05) is 18.5 Å². The number of amides is 2. The van der Waals surface area contributed by atoms with E-state index < -0.39 is 12.0 Å². The van der Waals surface area contributed by atoms with Crippen molar-refractivity contribution in [2.45, 2.75) is 26.0 Å². The van der Waals surface area contributed by atoms with Crippen LogP contribution in [0.5, 0.6) is 5.75 Å². The Kier molecular flexibility index (Phi) is 8.02. The van der Waals surface area contributed by atoms with Crippen LogP contribution in [0.2, 0.25) is 0 Å². The van der Waals surface area contributed by atoms with Crippen LogP contribution in [-0.4, -0.2) is 55.5 Å². The third-order valence-electron chi connectivity index (χ3n) is 4.84. The second kappa shape index (κ2) is 11.1. The van der Waals surface area contributed by atoms with Gasteiger partial charge in [0.1, 0.15) is 18.1 Å². The van der Waals surface area contributed by atoms with Crippen molar-refractivity contribution in [3.8, 4) is 5.75 Å². The van der Waals surface area contributed by atoms with E-state index in [0.717, 1.165) is 16.8 Å². The van der Waals surface area contributed by atoms with Crippen molar-refractivity contribution in [2.75, 3.05) is 26.8 Å². The van der Waals surface area contributed by atoms with Crippen LogP contribution in [0.4, 0.5) is 9.18 Å². The van der Waals surface area contributed by atoms with Crippen LogP contribution in [0.3, 0.4) is 0 Å². The first-order valence-electron chi connectivity index (χ1n) is 10.3. The molecule has 9 heteroatoms. The molecule has 0 saturated heterocycles. The van der Waals surface area contributed by atoms with Crippen LogP contribution in [-0.2, 0) is 20.9 Å². The van der Waals surface area contributed by atoms with Gasteiger partial charge in [-0.1, -0.05) is 29.4 Å². The molecule has 2 aromatic rings. The molecule has 0 saturated carbocycles. The average Bonchev–Trinajstić information content (AvgIpc) is 3.27. The number of ether oxygens (including phenoxy) is 2. The number of carbonyl (C=O) groups is 2. The highest BCUT2D eigenvalue weighted by Crippen LogP contribution is 2.25. The molecule has 0 aliphatic carbocycles. The molecule has 1 atom stereocenters. The quantitative estimate of drug-likeness (QED) is 0.602. The maximum absolute atomic E-state index is 13.3. The smallest absolute Gasteiger partial charge is 0.325 e. The molecule has 32 heavy (non-hydrogen) atoms. The van der Waals surface area contributed by atoms with E-state index in [1.165, 1.54) is 17.0 Å². The number of esters is 1. The van der Waals surface area contributed by atoms with Gasteiger partial charge >= 0.3 is 12.0 Å². The van der Waals surface area contributed by atoms with Crippen molar-refractivity contribution in [3.63, 3.8) is 0 Å². The standard InChI is InChI=1S/C23H26FN3O5/c1-3-31-22(28)13-25-23(29)27(14-16-8-10-17(24)11-9-16)15-18-12-20(26-32-18)19-6-4-5-7-21(19)30-2/h4-11,18H,3,12-15H2,1-2H3,(H,25,29). The summed E-state index contributed by atoms with van der Waals surface area (Å²) in [5, 5.41) is 6.74. The second-order valence-corrected chi connectivity index (χ2v) is 7.14. The number of halogens is 1. The van der Waals surface area contributed by atoms with Crippen LogP contribution in [0.25, 0.3) is 0 Å². The number of benzene rings is 2. The van der Waals surface area contributed by atoms with Crippen molar-refractivity contribution >= 4 is 17.7 Å². The summed E-state index contributed by atoms with van der Waals surface area (Å²) in [7, 11) is 1.59. The minimum Gasteiger partial charge on any atom is -0.496 e. The van der Waals surface area contributed by atoms with Crippen molar-refractivity contribution in [3.05, 3.63) is 65.5 Å². The predicted octanol–water partition coefficient (Wildman–Crippen LogP) is 3.10. The molecule has 2 aromatic carbocycles. The van der Waals surface area contributed by atoms with Gasteiger partial charge in [-0.05, 0) is 36.8 Å². The SMILES string of the molecule is CCOC(=O)CNC(=O)N(Cc1ccc(F)cc1)CC1CC(c2ccccc2OC)=NO1. The molecule has 1 aliphatic rings. The zero-order valence-electron chi connectivity index (χ0n) is 18.0. The zero-order valence-corrected chi connectivity index (χ0v) is 18.0. The van der Waals surface area contributed by atoms with Crippen molar-refractivity contribution < 1.29 is 28.3 Å². The van der Waals surface area contributed by atoms with Crippen LogP contribution in [0.15, 0.2) is 53.7 Å². The van der Waals surface area contributed by atoms with Crippen LogP contribution >= 0.6 is 0 Å². The van der Waals surface area contributed by atoms with Crippen LogP contribution in [0, 0.1) is 5.82 Å². The Balaban J connectivity index is 1.67. The summed E-state index contributed by atoms with van der Waals surface area (Å²) in [6.45, 7) is 2.10. The maximum atomic E-state index is 13.3. The van der Waals surface area contributed by atoms with E-state index in [4.69, 9.17) is 14.3 Å². The zero-order chi connectivity index (χ0) is 22.9. The molecule has 0 aromatic heterocycles. The number of rotatable bonds is 9. The summed E-state index contributed by atoms with van der Waals surface area (Å²) >= 11 is 0. The predicted molar refractivity (Wildman–Crippen MR) is 116 cm³/mol. The van der Waals surface area contributed by atoms with Gasteiger partial charge in [0.05, 0.1) is 26.0 Å². The minimum absolute atomic E-state index is 0.207. The summed E-state index contributed by atoms with van der Waals surface area (Å²) in [5.74, 6) is -0.201. The molecule has 0 radical (unpaired) electrons. The first kappa shape index (κ1) is 23.1. The van der Waals surface area contributed by atoms with Gasteiger partial charge in [-0.3, -0.25) is 4.79 Å². The fraction of sp³-hybridized carbons (Fsp3) is 0.348. The Hall–Kier alpha value is -3.62. The molecule has 0 fully saturated rings. The van der Waals surface area contributed by atoms with Crippen molar-refractivity contribution in [2.24, 2.45) is 5.16 Å². The molecular formula is C23H26FN3O5. The normalized spacial score (nSPS) is 14.8. The number of carbonyl (C=O) groups excluding carboxylic acids is 2. The maximum Gasteiger partial charge on any atom is 0.325 e. The number of para-hydroxylation sites is 1. The number of hydrogen-bond donors (Lipinski definition) is 1. The molecule has 1 N–H and O–H groups in total. The number of hydrogen-bond acceptors (Lipinski definition) is 6. The Morgan fingerprint density at radius 2 is 1.97 bits per heavy atom. The Morgan fingerprint density at radius 3 is 2.69 bits per heavy atom. The Morgan fingerprint density at radius 1 is 1.22 bits per heavy atom. The number of oxime groups is 1. The molecule has 8 nitrogen and oxygen atoms in total. The van der Waals surface area contributed by atoms with Gasteiger partial charge in [-0.2, -0.15) is 0 Å². The third-order valence-corrected chi connectivity index (χ3v) is 4.84. The fourth-order valence-corrected chi connectivity index (χ4v) is 3.32. The lowest BCUT2D eigenvalue weighted by Gasteiger charge is -2.25. The molecule has 2 amide bonds. The van der Waals surface area contributed by atoms with Gasteiger partial charge in [-0.15, -0.1) is 0 Å². The van der Waals surface area contributed by atoms with E-state index >= 15 is 0 Å². The number of nitrogens with one attached hydrogen (secondary N) is 1. The number of methoxy groups -OCH3 is 1. The average molecular weight is 443 g/mol. The van der Waals surface area contributed by atoms with Gasteiger partial charge < -0.3 is 24.5 Å². The first-order valence-corrected chi connectivity index (χ1v) is 10.3. The molecule has 0 spiro atoms. The Labute approximate surface area is 185 Å². The lowest BCUT2D eigenvalue weighted by Crippen LogP contribution is -2.45. The van der Waals surface area contributed by atoms with Gasteiger partial charge in [0.25, 0.3) is 0 Å². The molecule has 1 heterocycles. The fourth-order valence-electron chi connectivity index (χ4n) is 3.32. The topological polar surface area (TPSA) is 89.5 Å². The second-order valence-electron chi connectivity index (χ2n) is 7.14. The van der Waals surface area contributed by atoms with Gasteiger partial charge in [-0.25, -0.2) is 9.18 Å². The highest BCUT2D eigenvalue weighted by atomic mass is 19.1. The minimum atomic E-state index is -0.526. The molecule has 1 unspecified atom stereocenters. The lowest BCUT2D eigenvalue weighted by molar-refractivity contribution is -0.141. The van der Waals surface area contributed by atoms with Crippen LogP contribution in [0.1, 0.15) is 24.5 Å². The molecule has 3 rings (SSSR count). The van der Waals surface area contributed by atoms with E-state index in [9.17, 15) is 14.0 Å². The van der Waals surface area contributed by atoms with E-state index in [1.54, 1.807) is 26.2 Å². The van der Waals surface area contributed by atoms with Crippen molar-refractivity contribution in [1.82, 2.24) is 10.2 Å². The summed E-state index contributed by atoms with van der Waals surface area (Å²) in [6, 6.07) is 12.9. The van der Waals surface area contributed by atoms with E-state index in [0.29, 0.717) is 12.2 Å². The highest BCUT2D eigenvalue weighted by molar-refractivity contribution is 6.03. The number of urea groups is 1. The largest absolute Gasteiger partial charge is 0.496 e. The lowest BCUT2D eigenvalue weighted by atomic mass is 10.0. The van der Waals surface area contributed by atoms with Crippen LogP contribution < -0.4 is 10.1 Å². The molecular weight excluding hydrogens is 417 g/mol. The molecule has 170 valence electrons. The summed E-state index contributed by atoms with van der Waals surface area (Å²) < 4.78 is 23.5. The van der Waals surface area contributed by atoms with E-state index in [1.807, 2.05) is 24.3 Å². The van der Waals surface area contributed by atoms with E-state index in [2.05, 4.69) is 10.5 Å². The van der Waals surface area contributed by atoms with E-state index in [-0.39, 0.29) is 38.2 Å². The summed E-state index contributed by atoms with van der Waals surface area (Å²) in [4.78, 5) is 31.5. The summed E-state index contributed by atoms with van der Waals surface area (Å²) in [6.07, 6.45) is 0.0922. The van der Waals surface area contributed by atoms with Gasteiger partial charge in [0.15, 0.2) is 6.10 Å². The third kappa shape index (κ3) is 6.19. The first-order chi connectivity index (χ1) is 15.5. The monoisotopic (exact) mass is 443 g/mol. The summed E-state index contributed by atoms with van der Waals surface area (Å²) in [5.41, 5.74) is 2.29. The Bertz CT molecular complexity index is 964.